The molecule has 10 N–H and O–H groups in total. The Labute approximate surface area is 249 Å². The Kier molecular flexibility index (Phi) is 12.2. The fourth-order valence-electron chi connectivity index (χ4n) is 4.47. The lowest BCUT2D eigenvalue weighted by molar-refractivity contribution is -0.142. The minimum absolute atomic E-state index is 0.0235. The summed E-state index contributed by atoms with van der Waals surface area (Å²) in [5.41, 5.74) is 13.6. The smallest absolute Gasteiger partial charge is 0.326 e. The number of aromatic amines is 1. The van der Waals surface area contributed by atoms with Crippen molar-refractivity contribution in [1.29, 1.82) is 0 Å². The third-order valence-corrected chi connectivity index (χ3v) is 7.23. The number of hydrogen-bond acceptors (Lipinski definition) is 8. The second-order valence-electron chi connectivity index (χ2n) is 10.0. The number of para-hydroxylation sites is 1. The number of thiol groups is 1. The molecular formula is C29H38N6O6S. The van der Waals surface area contributed by atoms with Crippen LogP contribution in [-0.2, 0) is 32.0 Å². The lowest BCUT2D eigenvalue weighted by Gasteiger charge is -2.25. The molecule has 0 saturated heterocycles. The summed E-state index contributed by atoms with van der Waals surface area (Å²) in [5.74, 6) is -3.06. The zero-order valence-electron chi connectivity index (χ0n) is 23.1. The number of aromatic hydroxyl groups is 1. The Morgan fingerprint density at radius 3 is 2.17 bits per heavy atom. The predicted octanol–water partition coefficient (Wildman–Crippen LogP) is 0.584. The SMILES string of the molecule is NCCCCC(NC(=O)C(Cc1ccc(O)cc1)NC(=O)C(N)CS)C(=O)NC(Cc1c[nH]c2ccccc12)C(=O)O. The summed E-state index contributed by atoms with van der Waals surface area (Å²) in [4.78, 5) is 54.7. The standard InChI is InChI=1S/C29H38N6O6S/c30-12-4-3-7-23(27(38)35-25(29(40)41)14-18-15-32-22-6-2-1-5-20(18)22)33-28(39)24(34-26(37)21(31)16-42)13-17-8-10-19(36)11-9-17/h1-2,5-6,8-11,15,21,23-25,32,36,42H,3-4,7,12-14,16,30-31H2,(H,33,39)(H,34,37)(H,35,38)(H,40,41). The molecule has 0 aliphatic rings. The quantitative estimate of drug-likeness (QED) is 0.0838. The van der Waals surface area contributed by atoms with E-state index < -0.39 is 47.9 Å². The van der Waals surface area contributed by atoms with E-state index in [9.17, 15) is 29.4 Å². The molecule has 13 heteroatoms. The van der Waals surface area contributed by atoms with Crippen molar-refractivity contribution < 1.29 is 29.4 Å². The van der Waals surface area contributed by atoms with Gasteiger partial charge in [0.2, 0.25) is 17.7 Å². The fourth-order valence-corrected chi connectivity index (χ4v) is 4.63. The number of hydrogen-bond donors (Lipinski definition) is 9. The van der Waals surface area contributed by atoms with Gasteiger partial charge in [-0.05, 0) is 55.1 Å². The molecule has 0 bridgehead atoms. The van der Waals surface area contributed by atoms with Gasteiger partial charge in [-0.3, -0.25) is 14.4 Å². The number of carbonyl (C=O) groups is 4. The monoisotopic (exact) mass is 598 g/mol. The van der Waals surface area contributed by atoms with E-state index in [2.05, 4.69) is 33.6 Å². The Hall–Kier alpha value is -4.07. The lowest BCUT2D eigenvalue weighted by atomic mass is 10.0. The van der Waals surface area contributed by atoms with Crippen molar-refractivity contribution in [3.05, 3.63) is 65.9 Å². The van der Waals surface area contributed by atoms with Crippen LogP contribution in [0.15, 0.2) is 54.7 Å². The summed E-state index contributed by atoms with van der Waals surface area (Å²) in [6.07, 6.45) is 3.06. The van der Waals surface area contributed by atoms with Gasteiger partial charge in [-0.25, -0.2) is 4.79 Å². The van der Waals surface area contributed by atoms with Crippen LogP contribution < -0.4 is 27.4 Å². The molecule has 0 aliphatic heterocycles. The van der Waals surface area contributed by atoms with E-state index >= 15 is 0 Å². The number of unbranched alkanes of at least 4 members (excludes halogenated alkanes) is 1. The van der Waals surface area contributed by atoms with Gasteiger partial charge in [-0.2, -0.15) is 12.6 Å². The third-order valence-electron chi connectivity index (χ3n) is 6.84. The van der Waals surface area contributed by atoms with Gasteiger partial charge in [0.1, 0.15) is 23.9 Å². The molecule has 0 radical (unpaired) electrons. The fraction of sp³-hybridized carbons (Fsp3) is 0.379. The van der Waals surface area contributed by atoms with Crippen molar-refractivity contribution in [3.8, 4) is 5.75 Å². The molecule has 3 aromatic rings. The second kappa shape index (κ2) is 15.8. The van der Waals surface area contributed by atoms with Gasteiger partial charge in [0.25, 0.3) is 0 Å². The first kappa shape index (κ1) is 32.4. The molecule has 12 nitrogen and oxygen atoms in total. The van der Waals surface area contributed by atoms with Crippen LogP contribution in [-0.4, -0.2) is 75.4 Å². The summed E-state index contributed by atoms with van der Waals surface area (Å²) in [7, 11) is 0. The second-order valence-corrected chi connectivity index (χ2v) is 10.4. The van der Waals surface area contributed by atoms with E-state index in [1.165, 1.54) is 12.1 Å². The van der Waals surface area contributed by atoms with Gasteiger partial charge < -0.3 is 42.6 Å². The van der Waals surface area contributed by atoms with Crippen molar-refractivity contribution in [2.45, 2.75) is 56.3 Å². The highest BCUT2D eigenvalue weighted by Crippen LogP contribution is 2.19. The number of benzene rings is 2. The van der Waals surface area contributed by atoms with Crippen molar-refractivity contribution in [1.82, 2.24) is 20.9 Å². The number of carboxylic acid groups (broad SMARTS) is 1. The van der Waals surface area contributed by atoms with E-state index in [0.29, 0.717) is 24.9 Å². The van der Waals surface area contributed by atoms with E-state index in [1.54, 1.807) is 18.3 Å². The average Bonchev–Trinajstić information content (AvgIpc) is 3.39. The minimum atomic E-state index is -1.26. The van der Waals surface area contributed by atoms with E-state index in [-0.39, 0.29) is 30.8 Å². The number of fused-ring (bicyclic) bond motifs is 1. The van der Waals surface area contributed by atoms with Crippen LogP contribution in [0.4, 0.5) is 0 Å². The molecule has 0 fully saturated rings. The van der Waals surface area contributed by atoms with Crippen LogP contribution in [0.5, 0.6) is 5.75 Å². The topological polar surface area (TPSA) is 213 Å². The molecule has 1 heterocycles. The van der Waals surface area contributed by atoms with Gasteiger partial charge >= 0.3 is 5.97 Å². The van der Waals surface area contributed by atoms with Crippen molar-refractivity contribution in [2.24, 2.45) is 11.5 Å². The molecule has 0 aliphatic carbocycles. The lowest BCUT2D eigenvalue weighted by Crippen LogP contribution is -2.58. The van der Waals surface area contributed by atoms with Crippen molar-refractivity contribution >= 4 is 47.2 Å². The Morgan fingerprint density at radius 2 is 1.50 bits per heavy atom. The number of phenols is 1. The highest BCUT2D eigenvalue weighted by molar-refractivity contribution is 7.80. The molecular weight excluding hydrogens is 560 g/mol. The number of carbonyl (C=O) groups excluding carboxylic acids is 3. The Bertz CT molecular complexity index is 1360. The average molecular weight is 599 g/mol. The number of amides is 3. The number of carboxylic acids is 1. The number of nitrogens with two attached hydrogens (primary N) is 2. The van der Waals surface area contributed by atoms with Gasteiger partial charge in [-0.15, -0.1) is 0 Å². The zero-order chi connectivity index (χ0) is 30.6. The Morgan fingerprint density at radius 1 is 0.857 bits per heavy atom. The maximum absolute atomic E-state index is 13.5. The Balaban J connectivity index is 1.79. The summed E-state index contributed by atoms with van der Waals surface area (Å²) in [6, 6.07) is 9.12. The predicted molar refractivity (Wildman–Crippen MR) is 162 cm³/mol. The summed E-state index contributed by atoms with van der Waals surface area (Å²) in [5, 5.41) is 28.2. The van der Waals surface area contributed by atoms with Crippen molar-refractivity contribution in [2.75, 3.05) is 12.3 Å². The summed E-state index contributed by atoms with van der Waals surface area (Å²) < 4.78 is 0. The maximum Gasteiger partial charge on any atom is 0.326 e. The van der Waals surface area contributed by atoms with Crippen LogP contribution >= 0.6 is 12.6 Å². The molecule has 0 saturated carbocycles. The van der Waals surface area contributed by atoms with Crippen LogP contribution in [0.1, 0.15) is 30.4 Å². The molecule has 4 unspecified atom stereocenters. The van der Waals surface area contributed by atoms with Gasteiger partial charge in [0.05, 0.1) is 6.04 Å². The third kappa shape index (κ3) is 9.23. The number of aromatic nitrogens is 1. The normalized spacial score (nSPS) is 14.0. The summed E-state index contributed by atoms with van der Waals surface area (Å²) in [6.45, 7) is 0.377. The van der Waals surface area contributed by atoms with Crippen LogP contribution in [0.3, 0.4) is 0 Å². The van der Waals surface area contributed by atoms with Crippen LogP contribution in [0.2, 0.25) is 0 Å². The molecule has 226 valence electrons. The van der Waals surface area contributed by atoms with Gasteiger partial charge in [0.15, 0.2) is 0 Å². The van der Waals surface area contributed by atoms with E-state index in [0.717, 1.165) is 16.5 Å². The largest absolute Gasteiger partial charge is 0.508 e. The highest BCUT2D eigenvalue weighted by Gasteiger charge is 2.30. The molecule has 3 rings (SSSR count). The van der Waals surface area contributed by atoms with Crippen LogP contribution in [0, 0.1) is 0 Å². The molecule has 2 aromatic carbocycles. The van der Waals surface area contributed by atoms with Crippen molar-refractivity contribution in [3.63, 3.8) is 0 Å². The highest BCUT2D eigenvalue weighted by atomic mass is 32.1. The summed E-state index contributed by atoms with van der Waals surface area (Å²) >= 11 is 4.04. The first-order chi connectivity index (χ1) is 20.1. The molecule has 42 heavy (non-hydrogen) atoms. The number of H-pyrrole nitrogens is 1. The molecule has 0 spiro atoms. The first-order valence-corrected chi connectivity index (χ1v) is 14.3. The van der Waals surface area contributed by atoms with E-state index in [4.69, 9.17) is 11.5 Å². The number of rotatable bonds is 16. The number of phenolic OH excluding ortho intramolecular Hbond substituents is 1. The number of aliphatic carboxylic acids is 1. The first-order valence-electron chi connectivity index (χ1n) is 13.7. The maximum atomic E-state index is 13.5. The van der Waals surface area contributed by atoms with Crippen LogP contribution in [0.25, 0.3) is 10.9 Å². The van der Waals surface area contributed by atoms with Gasteiger partial charge in [-0.1, -0.05) is 30.3 Å². The minimum Gasteiger partial charge on any atom is -0.508 e. The molecule has 4 atom stereocenters. The van der Waals surface area contributed by atoms with E-state index in [1.807, 2.05) is 24.3 Å². The zero-order valence-corrected chi connectivity index (χ0v) is 24.0. The molecule has 1 aromatic heterocycles. The molecule has 3 amide bonds. The van der Waals surface area contributed by atoms with Gasteiger partial charge in [0, 0.05) is 35.7 Å². The number of nitrogens with one attached hydrogen (secondary N) is 4.